The second kappa shape index (κ2) is 3.47. The van der Waals surface area contributed by atoms with Gasteiger partial charge in [-0.25, -0.2) is 0 Å². The number of hydrogen-bond donors (Lipinski definition) is 0. The predicted molar refractivity (Wildman–Crippen MR) is 34.7 cm³/mol. The minimum absolute atomic E-state index is 0. The summed E-state index contributed by atoms with van der Waals surface area (Å²) in [5.41, 5.74) is 0. The maximum atomic E-state index is 2.00. The number of hydrogen-bond acceptors (Lipinski definition) is 0. The summed E-state index contributed by atoms with van der Waals surface area (Å²) in [5, 5.41) is 0. The second-order valence-corrected chi connectivity index (χ2v) is 0.962. The van der Waals surface area contributed by atoms with Crippen molar-refractivity contribution in [1.29, 1.82) is 0 Å². The van der Waals surface area contributed by atoms with Gasteiger partial charge in [0.25, 0.3) is 0 Å². The Kier molecular flexibility index (Phi) is 3.63. The van der Waals surface area contributed by atoms with Gasteiger partial charge in [-0.3, -0.25) is 0 Å². The van der Waals surface area contributed by atoms with E-state index in [1.165, 1.54) is 0 Å². The summed E-state index contributed by atoms with van der Waals surface area (Å²) in [6.07, 6.45) is 10.0. The van der Waals surface area contributed by atoms with Gasteiger partial charge in [0.1, 0.15) is 0 Å². The van der Waals surface area contributed by atoms with E-state index in [0.717, 1.165) is 0 Å². The Bertz CT molecular complexity index is 70.3. The Labute approximate surface area is 59.3 Å². The zero-order valence-corrected chi connectivity index (χ0v) is 6.24. The maximum Gasteiger partial charge on any atom is 0.00506 e. The molecule has 1 rings (SSSR count). The van der Waals surface area contributed by atoms with Crippen LogP contribution in [0, 0.1) is 6.42 Å². The normalized spacial score (nSPS) is 14.7. The summed E-state index contributed by atoms with van der Waals surface area (Å²) in [6, 6.07) is 0. The van der Waals surface area contributed by atoms with Crippen molar-refractivity contribution in [3.05, 3.63) is 30.7 Å². The van der Waals surface area contributed by atoms with Crippen LogP contribution in [0.4, 0.5) is 0 Å². The zero-order chi connectivity index (χ0) is 3.54. The van der Waals surface area contributed by atoms with E-state index in [-0.39, 0.29) is 28.2 Å². The summed E-state index contributed by atoms with van der Waals surface area (Å²) < 4.78 is 0. The van der Waals surface area contributed by atoms with Crippen LogP contribution >= 0.6 is 0 Å². The maximum absolute atomic E-state index is 2.00. The summed E-state index contributed by atoms with van der Waals surface area (Å²) in [6.45, 7) is 0. The third-order valence-electron chi connectivity index (χ3n) is 0.556. The van der Waals surface area contributed by atoms with E-state index in [4.69, 9.17) is 0 Å². The molecular weight excluding hydrogens is 179 g/mol. The molecule has 0 aromatic heterocycles. The molecule has 0 amide bonds. The van der Waals surface area contributed by atoms with E-state index in [9.17, 15) is 0 Å². The van der Waals surface area contributed by atoms with E-state index in [2.05, 4.69) is 0 Å². The molecule has 6 heavy (non-hydrogen) atoms. The van der Waals surface area contributed by atoms with Crippen LogP contribution < -0.4 is 0 Å². The van der Waals surface area contributed by atoms with E-state index >= 15 is 0 Å². The monoisotopic (exact) mass is 191 g/mol. The molecule has 0 bridgehead atoms. The Morgan fingerprint density at radius 3 is 1.50 bits per heavy atom. The standard InChI is InChI=1S/C5H5.Sn.3H2/c1-2-4-5-3-1;;;;/h1-5H;;3*1H. The SMILES string of the molecule is [CH]1C=CC=C1.[HH].[HH].[HH].[Sn]. The Hall–Kier alpha value is 0.279. The van der Waals surface area contributed by atoms with Crippen LogP contribution in [0.25, 0.3) is 0 Å². The average molecular weight is 190 g/mol. The van der Waals surface area contributed by atoms with Crippen LogP contribution in [0.3, 0.4) is 0 Å². The fourth-order valence-corrected chi connectivity index (χ4v) is 0.321. The van der Waals surface area contributed by atoms with Gasteiger partial charge in [0.15, 0.2) is 0 Å². The molecule has 0 aromatic rings. The fourth-order valence-electron chi connectivity index (χ4n) is 0.321. The molecule has 0 aliphatic heterocycles. The van der Waals surface area contributed by atoms with Gasteiger partial charge in [0.2, 0.25) is 0 Å². The van der Waals surface area contributed by atoms with Crippen molar-refractivity contribution in [2.45, 2.75) is 0 Å². The van der Waals surface area contributed by atoms with E-state index in [0.29, 0.717) is 0 Å². The summed E-state index contributed by atoms with van der Waals surface area (Å²) >= 11 is 0. The largest absolute Gasteiger partial charge is 0.0767 e. The van der Waals surface area contributed by atoms with Crippen LogP contribution in [0.2, 0.25) is 0 Å². The number of allylic oxidation sites excluding steroid dienone is 4. The van der Waals surface area contributed by atoms with Crippen molar-refractivity contribution in [2.75, 3.05) is 0 Å². The molecule has 0 N–H and O–H groups in total. The Morgan fingerprint density at radius 2 is 1.33 bits per heavy atom. The third-order valence-corrected chi connectivity index (χ3v) is 0.556. The van der Waals surface area contributed by atoms with Gasteiger partial charge in [0, 0.05) is 34.6 Å². The van der Waals surface area contributed by atoms with Gasteiger partial charge >= 0.3 is 0 Å². The van der Waals surface area contributed by atoms with Crippen molar-refractivity contribution >= 4 is 23.9 Å². The molecular formula is C5H11Sn. The minimum Gasteiger partial charge on any atom is -0.0767 e. The fraction of sp³-hybridized carbons (Fsp3) is 0. The average Bonchev–Trinajstić information content (AvgIpc) is 1.76. The van der Waals surface area contributed by atoms with Gasteiger partial charge in [-0.2, -0.15) is 0 Å². The van der Waals surface area contributed by atoms with Gasteiger partial charge < -0.3 is 0 Å². The van der Waals surface area contributed by atoms with Gasteiger partial charge in [-0.15, -0.1) is 0 Å². The molecule has 0 fully saturated rings. The smallest absolute Gasteiger partial charge is 0.00506 e. The molecule has 1 aliphatic rings. The van der Waals surface area contributed by atoms with Crippen LogP contribution in [-0.4, -0.2) is 23.9 Å². The van der Waals surface area contributed by atoms with Crippen molar-refractivity contribution in [2.24, 2.45) is 0 Å². The molecule has 0 unspecified atom stereocenters. The topological polar surface area (TPSA) is 0 Å². The van der Waals surface area contributed by atoms with Crippen molar-refractivity contribution in [1.82, 2.24) is 0 Å². The van der Waals surface area contributed by atoms with Gasteiger partial charge in [0.05, 0.1) is 0 Å². The molecule has 0 atom stereocenters. The summed E-state index contributed by atoms with van der Waals surface area (Å²) in [7, 11) is 0. The molecule has 0 spiro atoms. The van der Waals surface area contributed by atoms with Crippen molar-refractivity contribution in [3.8, 4) is 0 Å². The van der Waals surface area contributed by atoms with Crippen LogP contribution in [-0.2, 0) is 0 Å². The molecule has 0 aromatic carbocycles. The second-order valence-electron chi connectivity index (χ2n) is 0.962. The minimum atomic E-state index is 0. The third kappa shape index (κ3) is 1.65. The molecule has 35 valence electrons. The van der Waals surface area contributed by atoms with Crippen LogP contribution in [0.5, 0.6) is 0 Å². The van der Waals surface area contributed by atoms with Crippen LogP contribution in [0.1, 0.15) is 4.28 Å². The van der Waals surface area contributed by atoms with E-state index < -0.39 is 0 Å². The first-order valence-corrected chi connectivity index (χ1v) is 1.67. The zero-order valence-electron chi connectivity index (χ0n) is 3.39. The molecule has 0 nitrogen and oxygen atoms in total. The Morgan fingerprint density at radius 1 is 0.833 bits per heavy atom. The molecule has 1 heteroatoms. The van der Waals surface area contributed by atoms with Gasteiger partial charge in [-0.05, 0) is 0 Å². The summed E-state index contributed by atoms with van der Waals surface area (Å²) in [4.78, 5) is 0. The van der Waals surface area contributed by atoms with Gasteiger partial charge in [-0.1, -0.05) is 24.3 Å². The first kappa shape index (κ1) is 6.28. The molecule has 1 aliphatic carbocycles. The Balaban J connectivity index is -0.0000000312. The molecule has 0 saturated carbocycles. The van der Waals surface area contributed by atoms with E-state index in [1.54, 1.807) is 0 Å². The first-order chi connectivity index (χ1) is 2.50. The molecule has 5 radical (unpaired) electrons. The first-order valence-electron chi connectivity index (χ1n) is 1.67. The van der Waals surface area contributed by atoms with Crippen molar-refractivity contribution in [3.63, 3.8) is 0 Å². The predicted octanol–water partition coefficient (Wildman–Crippen LogP) is 1.67. The quantitative estimate of drug-likeness (QED) is 0.509. The summed E-state index contributed by atoms with van der Waals surface area (Å²) in [5.74, 6) is 0. The van der Waals surface area contributed by atoms with Crippen molar-refractivity contribution < 1.29 is 4.28 Å². The number of rotatable bonds is 0. The van der Waals surface area contributed by atoms with E-state index in [1.807, 2.05) is 30.7 Å². The van der Waals surface area contributed by atoms with Crippen LogP contribution in [0.15, 0.2) is 24.3 Å². The molecule has 0 saturated heterocycles. The molecule has 0 heterocycles.